The molecule has 3 aliphatic rings. The van der Waals surface area contributed by atoms with Gasteiger partial charge in [-0.15, -0.1) is 15.3 Å². The van der Waals surface area contributed by atoms with Crippen molar-refractivity contribution in [1.82, 2.24) is 0 Å². The molecule has 0 bridgehead atoms. The molecule has 1 saturated carbocycles. The van der Waals surface area contributed by atoms with E-state index < -0.39 is 7.42 Å². The van der Waals surface area contributed by atoms with E-state index in [2.05, 4.69) is 52.7 Å². The van der Waals surface area contributed by atoms with Crippen LogP contribution in [0.4, 0.5) is 0 Å². The molecule has 1 aliphatic carbocycles. The van der Waals surface area contributed by atoms with Crippen molar-refractivity contribution >= 4 is 22.7 Å². The third-order valence-electron chi connectivity index (χ3n) is 7.09. The van der Waals surface area contributed by atoms with Crippen LogP contribution in [0.1, 0.15) is 56.9 Å². The largest absolute Gasteiger partial charge is 0.364 e. The minimum absolute atomic E-state index is 0.0219. The maximum Gasteiger partial charge on any atom is 0.181 e. The lowest BCUT2D eigenvalue weighted by molar-refractivity contribution is -0.916. The number of piperidine rings is 1. The number of nitrogens with zero attached hydrogens (tertiary/aromatic N) is 1. The number of rotatable bonds is 4. The van der Waals surface area contributed by atoms with Crippen molar-refractivity contribution in [2.75, 3.05) is 26.7 Å². The van der Waals surface area contributed by atoms with Crippen molar-refractivity contribution in [3.8, 4) is 0 Å². The van der Waals surface area contributed by atoms with E-state index in [4.69, 9.17) is 4.74 Å². The predicted molar refractivity (Wildman–Crippen MR) is 114 cm³/mol. The van der Waals surface area contributed by atoms with E-state index in [0.717, 1.165) is 0 Å². The van der Waals surface area contributed by atoms with Gasteiger partial charge in [-0.25, -0.2) is 0 Å². The normalized spacial score (nSPS) is 33.4. The number of benzene rings is 1. The molecule has 0 amide bonds. The molecule has 0 N–H and O–H groups in total. The van der Waals surface area contributed by atoms with Crippen LogP contribution in [0.3, 0.4) is 0 Å². The van der Waals surface area contributed by atoms with Gasteiger partial charge < -0.3 is 9.22 Å². The Morgan fingerprint density at radius 3 is 2.38 bits per heavy atom. The molecule has 0 aromatic heterocycles. The van der Waals surface area contributed by atoms with Gasteiger partial charge in [0.2, 0.25) is 0 Å². The lowest BCUT2D eigenvalue weighted by atomic mass is 9.82. The number of quaternary nitrogens is 1. The molecule has 2 aliphatic heterocycles. The van der Waals surface area contributed by atoms with Gasteiger partial charge in [-0.3, -0.25) is 0 Å². The molecule has 2 heterocycles. The topological polar surface area (TPSA) is 9.23 Å². The maximum absolute atomic E-state index is 7.14. The molecule has 0 spiro atoms. The van der Waals surface area contributed by atoms with Gasteiger partial charge in [-0.1, -0.05) is 49.6 Å². The van der Waals surface area contributed by atoms with E-state index in [9.17, 15) is 0 Å². The molecule has 143 valence electrons. The van der Waals surface area contributed by atoms with Gasteiger partial charge >= 0.3 is 0 Å². The van der Waals surface area contributed by atoms with Crippen LogP contribution in [0.5, 0.6) is 0 Å². The summed E-state index contributed by atoms with van der Waals surface area (Å²) in [5, 5.41) is -0.0219. The van der Waals surface area contributed by atoms with Gasteiger partial charge in [-0.2, -0.15) is 0 Å². The Labute approximate surface area is 169 Å². The van der Waals surface area contributed by atoms with E-state index in [1.807, 2.05) is 0 Å². The van der Waals surface area contributed by atoms with E-state index >= 15 is 0 Å². The molecular formula is C22H34BrNOSi+. The Bertz CT molecular complexity index is 585. The number of hydrogen-bond acceptors (Lipinski definition) is 1. The van der Waals surface area contributed by atoms with Crippen LogP contribution in [0.2, 0.25) is 6.04 Å². The lowest BCUT2D eigenvalue weighted by Gasteiger charge is -2.43. The molecule has 3 fully saturated rings. The average Bonchev–Trinajstić information content (AvgIpc) is 3.00. The smallest absolute Gasteiger partial charge is 0.181 e. The van der Waals surface area contributed by atoms with Crippen LogP contribution in [0.25, 0.3) is 0 Å². The number of halogens is 1. The first-order valence-corrected chi connectivity index (χ1v) is 14.7. The molecule has 1 radical (unpaired) electrons. The molecule has 2 saturated heterocycles. The molecule has 2 atom stereocenters. The third-order valence-corrected chi connectivity index (χ3v) is 12.3. The molecule has 2 nitrogen and oxygen atoms in total. The summed E-state index contributed by atoms with van der Waals surface area (Å²) >= 11 is 4.23. The van der Waals surface area contributed by atoms with Gasteiger partial charge in [0.05, 0.1) is 25.4 Å². The fourth-order valence-electron chi connectivity index (χ4n) is 5.74. The van der Waals surface area contributed by atoms with Gasteiger partial charge in [0.25, 0.3) is 0 Å². The summed E-state index contributed by atoms with van der Waals surface area (Å²) in [4.78, 5) is 0. The summed E-state index contributed by atoms with van der Waals surface area (Å²) < 4.78 is 8.36. The Morgan fingerprint density at radius 1 is 1.04 bits per heavy atom. The van der Waals surface area contributed by atoms with Crippen LogP contribution < -0.4 is 0 Å². The summed E-state index contributed by atoms with van der Waals surface area (Å²) in [6.45, 7) is 3.89. The molecule has 4 rings (SSSR count). The highest BCUT2D eigenvalue weighted by atomic mass is 79.9. The summed E-state index contributed by atoms with van der Waals surface area (Å²) in [6.07, 6.45) is 11.5. The highest BCUT2D eigenvalue weighted by molar-refractivity contribution is 9.24. The van der Waals surface area contributed by atoms with Crippen LogP contribution in [0, 0.1) is 5.92 Å². The van der Waals surface area contributed by atoms with Crippen LogP contribution in [-0.2, 0) is 9.96 Å². The van der Waals surface area contributed by atoms with Crippen molar-refractivity contribution in [1.29, 1.82) is 0 Å². The zero-order chi connectivity index (χ0) is 18.0. The van der Waals surface area contributed by atoms with E-state index in [1.54, 1.807) is 0 Å². The van der Waals surface area contributed by atoms with Crippen LogP contribution in [0.15, 0.2) is 30.3 Å². The van der Waals surface area contributed by atoms with Gasteiger partial charge in [-0.05, 0) is 49.6 Å². The van der Waals surface area contributed by atoms with Crippen molar-refractivity contribution in [2.45, 2.75) is 68.7 Å². The van der Waals surface area contributed by atoms with Crippen molar-refractivity contribution < 1.29 is 9.22 Å². The Kier molecular flexibility index (Phi) is 5.94. The predicted octanol–water partition coefficient (Wildman–Crippen LogP) is 5.42. The Hall–Kier alpha value is -0.163. The Balaban J connectivity index is 1.59. The number of likely N-dealkylation sites (tertiary alicyclic amines) is 1. The van der Waals surface area contributed by atoms with E-state index in [1.165, 1.54) is 87.1 Å². The maximum atomic E-state index is 7.14. The summed E-state index contributed by atoms with van der Waals surface area (Å²) in [6, 6.07) is 12.5. The first-order chi connectivity index (χ1) is 12.6. The molecular weight excluding hydrogens is 402 g/mol. The van der Waals surface area contributed by atoms with E-state index in [-0.39, 0.29) is 5.22 Å². The zero-order valence-electron chi connectivity index (χ0n) is 16.3. The van der Waals surface area contributed by atoms with Gasteiger partial charge in [0, 0.05) is 0 Å². The highest BCUT2D eigenvalue weighted by Gasteiger charge is 2.56. The van der Waals surface area contributed by atoms with Gasteiger partial charge in [0.15, 0.2) is 7.42 Å². The molecule has 26 heavy (non-hydrogen) atoms. The first-order valence-electron chi connectivity index (χ1n) is 10.7. The first kappa shape index (κ1) is 19.2. The Morgan fingerprint density at radius 2 is 1.69 bits per heavy atom. The summed E-state index contributed by atoms with van der Waals surface area (Å²) in [5.41, 5.74) is 1.45. The molecule has 1 aromatic carbocycles. The number of ether oxygens (including phenoxy) is 1. The van der Waals surface area contributed by atoms with Crippen LogP contribution >= 0.6 is 15.3 Å². The van der Waals surface area contributed by atoms with Gasteiger partial charge in [0.1, 0.15) is 12.6 Å². The molecule has 1 aromatic rings. The second-order valence-electron chi connectivity index (χ2n) is 9.10. The zero-order valence-corrected chi connectivity index (χ0v) is 18.8. The SMILES string of the molecule is C[N+]1(CC2C[Si](Br)C(c3ccccc3)(C3CCCCC3)O2)CCCCC1. The quantitative estimate of drug-likeness (QED) is 0.348. The van der Waals surface area contributed by atoms with Crippen LogP contribution in [-0.4, -0.2) is 44.7 Å². The lowest BCUT2D eigenvalue weighted by Crippen LogP contribution is -2.52. The second kappa shape index (κ2) is 8.06. The fourth-order valence-corrected chi connectivity index (χ4v) is 11.2. The van der Waals surface area contributed by atoms with Crippen molar-refractivity contribution in [3.63, 3.8) is 0 Å². The number of likely N-dealkylation sites (N-methyl/N-ethyl adjacent to an activating group) is 1. The third kappa shape index (κ3) is 3.72. The van der Waals surface area contributed by atoms with Crippen molar-refractivity contribution in [3.05, 3.63) is 35.9 Å². The van der Waals surface area contributed by atoms with Crippen molar-refractivity contribution in [2.24, 2.45) is 5.92 Å². The summed E-state index contributed by atoms with van der Waals surface area (Å²) in [7, 11) is 1.71. The minimum Gasteiger partial charge on any atom is -0.364 e. The second-order valence-corrected chi connectivity index (χ2v) is 13.9. The summed E-state index contributed by atoms with van der Waals surface area (Å²) in [5.74, 6) is 0.698. The molecule has 4 heteroatoms. The fraction of sp³-hybridized carbons (Fsp3) is 0.727. The number of hydrogen-bond donors (Lipinski definition) is 0. The standard InChI is InChI=1S/C22H34BrNOSi/c1-24(15-9-4-10-16-24)17-21-18-26(23)22(25-21,19-11-5-2-6-12-19)20-13-7-3-8-14-20/h2,5-6,11-12,20-21H,3-4,7-10,13-18H2,1H3/q+1. The monoisotopic (exact) mass is 435 g/mol. The average molecular weight is 437 g/mol. The highest BCUT2D eigenvalue weighted by Crippen LogP contribution is 2.51. The molecule has 2 unspecified atom stereocenters. The van der Waals surface area contributed by atoms with E-state index in [0.29, 0.717) is 12.0 Å². The minimum atomic E-state index is -0.750.